The zero-order valence-electron chi connectivity index (χ0n) is 38.4. The summed E-state index contributed by atoms with van der Waals surface area (Å²) in [4.78, 5) is 37.8. The molecule has 0 heterocycles. The van der Waals surface area contributed by atoms with Crippen LogP contribution in [0.4, 0.5) is 0 Å². The van der Waals surface area contributed by atoms with Crippen molar-refractivity contribution in [3.8, 4) is 0 Å². The summed E-state index contributed by atoms with van der Waals surface area (Å²) in [5, 5.41) is 0. The maximum Gasteiger partial charge on any atom is 0.306 e. The molecule has 0 radical (unpaired) electrons. The van der Waals surface area contributed by atoms with Gasteiger partial charge in [-0.15, -0.1) is 0 Å². The average molecular weight is 831 g/mol. The Hall–Kier alpha value is -3.93. The predicted octanol–water partition coefficient (Wildman–Crippen LogP) is 15.6. The largest absolute Gasteiger partial charge is 0.462 e. The minimum atomic E-state index is -0.825. The fourth-order valence-corrected chi connectivity index (χ4v) is 6.01. The lowest BCUT2D eigenvalue weighted by atomic mass is 10.1. The Morgan fingerprint density at radius 2 is 0.767 bits per heavy atom. The SMILES string of the molecule is CC/C=C/C=C/C=C/CCCCCCCC(=O)OC(COC(=O)CC/C=C/C/C=C/C/C=C/C/C=C/C/C=C/CC)COC(=O)CCCCC/C=C/CCCCCCCC. The van der Waals surface area contributed by atoms with Crippen molar-refractivity contribution in [2.24, 2.45) is 0 Å². The van der Waals surface area contributed by atoms with Gasteiger partial charge in [-0.2, -0.15) is 0 Å². The van der Waals surface area contributed by atoms with Gasteiger partial charge in [0.1, 0.15) is 13.2 Å². The molecule has 1 unspecified atom stereocenters. The highest BCUT2D eigenvalue weighted by molar-refractivity contribution is 5.71. The van der Waals surface area contributed by atoms with Crippen LogP contribution in [0.15, 0.2) is 109 Å². The molecule has 0 aromatic carbocycles. The third-order valence-corrected chi connectivity index (χ3v) is 9.57. The molecule has 6 heteroatoms. The third kappa shape index (κ3) is 45.2. The summed E-state index contributed by atoms with van der Waals surface area (Å²) in [6, 6.07) is 0. The van der Waals surface area contributed by atoms with Crippen LogP contribution in [0, 0.1) is 0 Å². The van der Waals surface area contributed by atoms with Crippen molar-refractivity contribution in [1.82, 2.24) is 0 Å². The van der Waals surface area contributed by atoms with Crippen molar-refractivity contribution in [3.05, 3.63) is 109 Å². The molecular weight excluding hydrogens is 745 g/mol. The van der Waals surface area contributed by atoms with E-state index in [4.69, 9.17) is 14.2 Å². The summed E-state index contributed by atoms with van der Waals surface area (Å²) >= 11 is 0. The molecule has 0 aromatic heterocycles. The first kappa shape index (κ1) is 56.1. The molecule has 338 valence electrons. The Bertz CT molecular complexity index is 1280. The van der Waals surface area contributed by atoms with Crippen LogP contribution in [-0.4, -0.2) is 37.2 Å². The van der Waals surface area contributed by atoms with Gasteiger partial charge < -0.3 is 14.2 Å². The lowest BCUT2D eigenvalue weighted by Crippen LogP contribution is -2.30. The van der Waals surface area contributed by atoms with Crippen LogP contribution in [0.5, 0.6) is 0 Å². The van der Waals surface area contributed by atoms with E-state index in [1.807, 2.05) is 18.2 Å². The quantitative estimate of drug-likeness (QED) is 0.0201. The van der Waals surface area contributed by atoms with Gasteiger partial charge in [0.05, 0.1) is 0 Å². The lowest BCUT2D eigenvalue weighted by Gasteiger charge is -2.18. The topological polar surface area (TPSA) is 78.9 Å². The number of hydrogen-bond donors (Lipinski definition) is 0. The Morgan fingerprint density at radius 1 is 0.367 bits per heavy atom. The molecule has 0 rings (SSSR count). The van der Waals surface area contributed by atoms with E-state index < -0.39 is 6.10 Å². The molecule has 0 fully saturated rings. The molecule has 0 aromatic rings. The second kappa shape index (κ2) is 47.7. The van der Waals surface area contributed by atoms with Gasteiger partial charge in [0.2, 0.25) is 0 Å². The van der Waals surface area contributed by atoms with Crippen molar-refractivity contribution < 1.29 is 28.6 Å². The number of unbranched alkanes of at least 4 members (excludes halogenated alkanes) is 14. The summed E-state index contributed by atoms with van der Waals surface area (Å²) in [7, 11) is 0. The number of ether oxygens (including phenoxy) is 3. The molecule has 6 nitrogen and oxygen atoms in total. The Kier molecular flexibility index (Phi) is 44.6. The number of hydrogen-bond acceptors (Lipinski definition) is 6. The number of rotatable bonds is 41. The number of carbonyl (C=O) groups excluding carboxylic acids is 3. The molecule has 0 amide bonds. The summed E-state index contributed by atoms with van der Waals surface area (Å²) in [6.07, 6.45) is 63.7. The van der Waals surface area contributed by atoms with Crippen molar-refractivity contribution >= 4 is 17.9 Å². The van der Waals surface area contributed by atoms with E-state index in [9.17, 15) is 14.4 Å². The van der Waals surface area contributed by atoms with Crippen molar-refractivity contribution in [3.63, 3.8) is 0 Å². The molecule has 0 spiro atoms. The van der Waals surface area contributed by atoms with E-state index in [1.165, 1.54) is 38.5 Å². The van der Waals surface area contributed by atoms with E-state index in [2.05, 4.69) is 112 Å². The maximum atomic E-state index is 12.7. The van der Waals surface area contributed by atoms with Gasteiger partial charge in [-0.3, -0.25) is 14.4 Å². The Morgan fingerprint density at radius 3 is 1.32 bits per heavy atom. The van der Waals surface area contributed by atoms with Crippen LogP contribution in [-0.2, 0) is 28.6 Å². The molecule has 0 aliphatic rings. The maximum absolute atomic E-state index is 12.7. The summed E-state index contributed by atoms with van der Waals surface area (Å²) in [6.45, 7) is 6.26. The van der Waals surface area contributed by atoms with E-state index in [1.54, 1.807) is 0 Å². The van der Waals surface area contributed by atoms with Crippen molar-refractivity contribution in [2.45, 2.75) is 200 Å². The van der Waals surface area contributed by atoms with E-state index in [0.717, 1.165) is 109 Å². The molecule has 0 saturated heterocycles. The zero-order valence-corrected chi connectivity index (χ0v) is 38.4. The second-order valence-electron chi connectivity index (χ2n) is 15.3. The molecule has 0 aliphatic carbocycles. The van der Waals surface area contributed by atoms with Gasteiger partial charge in [0.25, 0.3) is 0 Å². The highest BCUT2D eigenvalue weighted by Crippen LogP contribution is 2.12. The first-order chi connectivity index (χ1) is 29.5. The third-order valence-electron chi connectivity index (χ3n) is 9.57. The van der Waals surface area contributed by atoms with Gasteiger partial charge in [-0.1, -0.05) is 188 Å². The van der Waals surface area contributed by atoms with E-state index in [0.29, 0.717) is 12.8 Å². The molecule has 0 N–H and O–H groups in total. The van der Waals surface area contributed by atoms with Crippen LogP contribution in [0.1, 0.15) is 194 Å². The number of allylic oxidation sites excluding steroid dienone is 18. The number of carbonyl (C=O) groups is 3. The van der Waals surface area contributed by atoms with Crippen molar-refractivity contribution in [1.29, 1.82) is 0 Å². The summed E-state index contributed by atoms with van der Waals surface area (Å²) < 4.78 is 16.6. The van der Waals surface area contributed by atoms with Crippen LogP contribution in [0.3, 0.4) is 0 Å². The summed E-state index contributed by atoms with van der Waals surface area (Å²) in [5.74, 6) is -1.05. The first-order valence-electron chi connectivity index (χ1n) is 23.9. The molecule has 0 aliphatic heterocycles. The molecule has 0 saturated carbocycles. The van der Waals surface area contributed by atoms with E-state index >= 15 is 0 Å². The fourth-order valence-electron chi connectivity index (χ4n) is 6.01. The monoisotopic (exact) mass is 831 g/mol. The normalized spacial score (nSPS) is 13.1. The minimum Gasteiger partial charge on any atom is -0.462 e. The van der Waals surface area contributed by atoms with Crippen LogP contribution < -0.4 is 0 Å². The van der Waals surface area contributed by atoms with Gasteiger partial charge >= 0.3 is 17.9 Å². The molecule has 1 atom stereocenters. The zero-order chi connectivity index (χ0) is 43.7. The molecule has 0 bridgehead atoms. The van der Waals surface area contributed by atoms with Crippen molar-refractivity contribution in [2.75, 3.05) is 13.2 Å². The Labute approximate surface area is 368 Å². The van der Waals surface area contributed by atoms with E-state index in [-0.39, 0.29) is 44.0 Å². The number of esters is 3. The second-order valence-corrected chi connectivity index (χ2v) is 15.3. The van der Waals surface area contributed by atoms with Gasteiger partial charge in [0, 0.05) is 19.3 Å². The lowest BCUT2D eigenvalue weighted by molar-refractivity contribution is -0.166. The van der Waals surface area contributed by atoms with Crippen LogP contribution >= 0.6 is 0 Å². The van der Waals surface area contributed by atoms with Crippen LogP contribution in [0.25, 0.3) is 0 Å². The highest BCUT2D eigenvalue weighted by atomic mass is 16.6. The first-order valence-corrected chi connectivity index (χ1v) is 23.9. The van der Waals surface area contributed by atoms with Gasteiger partial charge in [0.15, 0.2) is 6.10 Å². The molecule has 60 heavy (non-hydrogen) atoms. The van der Waals surface area contributed by atoms with Gasteiger partial charge in [-0.25, -0.2) is 0 Å². The van der Waals surface area contributed by atoms with Crippen LogP contribution in [0.2, 0.25) is 0 Å². The summed E-state index contributed by atoms with van der Waals surface area (Å²) in [5.41, 5.74) is 0. The minimum absolute atomic E-state index is 0.120. The molecular formula is C54H86O6. The average Bonchev–Trinajstić information content (AvgIpc) is 3.24. The predicted molar refractivity (Wildman–Crippen MR) is 256 cm³/mol. The van der Waals surface area contributed by atoms with Gasteiger partial charge in [-0.05, 0) is 96.3 Å². The smallest absolute Gasteiger partial charge is 0.306 e. The fraction of sp³-hybridized carbons (Fsp3) is 0.611. The highest BCUT2D eigenvalue weighted by Gasteiger charge is 2.19. The Balaban J connectivity index is 4.57. The standard InChI is InChI=1S/C54H86O6/c1-4-7-10-13-16-19-22-25-26-27-30-32-35-38-41-44-47-53(56)59-50-51(60-54(57)48-45-42-39-36-33-29-24-21-18-15-12-9-6-3)49-58-52(55)46-43-40-37-34-31-28-23-20-17-14-11-8-5-2/h7,9-10,12,15-16,18-19,21,24-26,28,30-32,38,41,51H,4-6,8,11,13-14,17,20,22-23,27,29,33-37,39-40,42-50H2,1-3H3/b10-7+,12-9+,18-15+,19-16+,24-21+,26-25+,31-28+,32-30+,41-38+.